The van der Waals surface area contributed by atoms with Gasteiger partial charge in [0.25, 0.3) is 0 Å². The molecule has 0 radical (unpaired) electrons. The first-order chi connectivity index (χ1) is 8.91. The van der Waals surface area contributed by atoms with Crippen LogP contribution in [0.4, 0.5) is 10.1 Å². The van der Waals surface area contributed by atoms with E-state index in [0.29, 0.717) is 12.1 Å². The van der Waals surface area contributed by atoms with E-state index in [-0.39, 0.29) is 11.9 Å². The van der Waals surface area contributed by atoms with Crippen LogP contribution in [0.2, 0.25) is 0 Å². The van der Waals surface area contributed by atoms with Gasteiger partial charge in [0.05, 0.1) is 5.69 Å². The molecule has 0 saturated carbocycles. The fraction of sp³-hybridized carbons (Fsp3) is 0.600. The molecular weight excluding hydrogens is 241 g/mol. The Kier molecular flexibility index (Phi) is 6.25. The molecule has 4 heteroatoms. The maximum absolute atomic E-state index is 14.0. The summed E-state index contributed by atoms with van der Waals surface area (Å²) in [5.41, 5.74) is 7.52. The van der Waals surface area contributed by atoms with Crippen LogP contribution in [0.25, 0.3) is 0 Å². The molecule has 0 heterocycles. The lowest BCUT2D eigenvalue weighted by Crippen LogP contribution is -2.26. The van der Waals surface area contributed by atoms with Crippen molar-refractivity contribution in [2.24, 2.45) is 5.73 Å². The Morgan fingerprint density at radius 3 is 2.47 bits per heavy atom. The fourth-order valence-electron chi connectivity index (χ4n) is 2.23. The second kappa shape index (κ2) is 7.46. The van der Waals surface area contributed by atoms with Crippen LogP contribution in [0.5, 0.6) is 0 Å². The maximum Gasteiger partial charge on any atom is 0.146 e. The molecule has 1 unspecified atom stereocenters. The van der Waals surface area contributed by atoms with Crippen LogP contribution in [-0.4, -0.2) is 45.2 Å². The number of hydrogen-bond donors (Lipinski definition) is 1. The van der Waals surface area contributed by atoms with Gasteiger partial charge >= 0.3 is 0 Å². The van der Waals surface area contributed by atoms with Gasteiger partial charge in [-0.05, 0) is 52.0 Å². The topological polar surface area (TPSA) is 32.5 Å². The van der Waals surface area contributed by atoms with Gasteiger partial charge in [0.2, 0.25) is 0 Å². The van der Waals surface area contributed by atoms with Gasteiger partial charge in [-0.15, -0.1) is 0 Å². The largest absolute Gasteiger partial charge is 0.372 e. The highest BCUT2D eigenvalue weighted by Gasteiger charge is 2.13. The molecule has 0 spiro atoms. The van der Waals surface area contributed by atoms with Gasteiger partial charge in [0.15, 0.2) is 0 Å². The number of hydrogen-bond acceptors (Lipinski definition) is 3. The van der Waals surface area contributed by atoms with Crippen LogP contribution in [0.15, 0.2) is 18.2 Å². The van der Waals surface area contributed by atoms with Crippen molar-refractivity contribution in [3.63, 3.8) is 0 Å². The number of nitrogens with zero attached hydrogens (tertiary/aromatic N) is 2. The fourth-order valence-corrected chi connectivity index (χ4v) is 2.23. The Hall–Kier alpha value is -1.13. The average Bonchev–Trinajstić information content (AvgIpc) is 2.27. The molecule has 0 aromatic heterocycles. The summed E-state index contributed by atoms with van der Waals surface area (Å²) in [4.78, 5) is 4.13. The second-order valence-electron chi connectivity index (χ2n) is 5.51. The molecule has 0 saturated heterocycles. The van der Waals surface area contributed by atoms with Crippen LogP contribution in [0.3, 0.4) is 0 Å². The van der Waals surface area contributed by atoms with Crippen LogP contribution in [0, 0.1) is 5.82 Å². The van der Waals surface area contributed by atoms with Gasteiger partial charge in [0, 0.05) is 19.6 Å². The first kappa shape index (κ1) is 15.9. The van der Waals surface area contributed by atoms with Crippen molar-refractivity contribution in [2.75, 3.05) is 39.1 Å². The van der Waals surface area contributed by atoms with Gasteiger partial charge in [-0.3, -0.25) is 0 Å². The third kappa shape index (κ3) is 5.17. The minimum Gasteiger partial charge on any atom is -0.372 e. The summed E-state index contributed by atoms with van der Waals surface area (Å²) in [6.07, 6.45) is 1.71. The highest BCUT2D eigenvalue weighted by atomic mass is 19.1. The number of benzene rings is 1. The lowest BCUT2D eigenvalue weighted by Gasteiger charge is -2.24. The number of anilines is 1. The Labute approximate surface area is 116 Å². The molecule has 1 atom stereocenters. The zero-order chi connectivity index (χ0) is 14.4. The van der Waals surface area contributed by atoms with E-state index < -0.39 is 0 Å². The monoisotopic (exact) mass is 267 g/mol. The normalized spacial score (nSPS) is 12.8. The van der Waals surface area contributed by atoms with E-state index in [1.54, 1.807) is 6.07 Å². The molecule has 0 aliphatic carbocycles. The zero-order valence-corrected chi connectivity index (χ0v) is 12.5. The SMILES string of the molecule is CC(N)Cc1cccc(F)c1N(C)CCCN(C)C. The van der Waals surface area contributed by atoms with Gasteiger partial charge in [0.1, 0.15) is 5.82 Å². The van der Waals surface area contributed by atoms with Crippen LogP contribution < -0.4 is 10.6 Å². The maximum atomic E-state index is 14.0. The van der Waals surface area contributed by atoms with Crippen molar-refractivity contribution in [1.82, 2.24) is 4.90 Å². The van der Waals surface area contributed by atoms with Crippen molar-refractivity contribution < 1.29 is 4.39 Å². The second-order valence-corrected chi connectivity index (χ2v) is 5.51. The van der Waals surface area contributed by atoms with E-state index in [0.717, 1.165) is 25.1 Å². The minimum atomic E-state index is -0.162. The molecule has 2 N–H and O–H groups in total. The first-order valence-electron chi connectivity index (χ1n) is 6.80. The molecule has 1 aromatic rings. The van der Waals surface area contributed by atoms with E-state index >= 15 is 0 Å². The Balaban J connectivity index is 2.79. The summed E-state index contributed by atoms with van der Waals surface area (Å²) < 4.78 is 14.0. The third-order valence-electron chi connectivity index (χ3n) is 3.09. The van der Waals surface area contributed by atoms with E-state index in [1.807, 2.05) is 39.0 Å². The molecule has 0 aliphatic heterocycles. The molecule has 108 valence electrons. The summed E-state index contributed by atoms with van der Waals surface area (Å²) in [7, 11) is 6.04. The highest BCUT2D eigenvalue weighted by molar-refractivity contribution is 5.54. The molecule has 3 nitrogen and oxygen atoms in total. The summed E-state index contributed by atoms with van der Waals surface area (Å²) in [5, 5.41) is 0. The van der Waals surface area contributed by atoms with Crippen molar-refractivity contribution in [3.8, 4) is 0 Å². The molecule has 0 amide bonds. The summed E-state index contributed by atoms with van der Waals surface area (Å²) in [6, 6.07) is 5.27. The van der Waals surface area contributed by atoms with E-state index in [4.69, 9.17) is 5.73 Å². The predicted molar refractivity (Wildman–Crippen MR) is 80.2 cm³/mol. The van der Waals surface area contributed by atoms with Gasteiger partial charge in [-0.1, -0.05) is 12.1 Å². The summed E-state index contributed by atoms with van der Waals surface area (Å²) >= 11 is 0. The van der Waals surface area contributed by atoms with Gasteiger partial charge < -0.3 is 15.5 Å². The zero-order valence-electron chi connectivity index (χ0n) is 12.5. The molecule has 0 bridgehead atoms. The van der Waals surface area contributed by atoms with E-state index in [1.165, 1.54) is 6.07 Å². The van der Waals surface area contributed by atoms with Crippen molar-refractivity contribution in [2.45, 2.75) is 25.8 Å². The van der Waals surface area contributed by atoms with Crippen molar-refractivity contribution in [1.29, 1.82) is 0 Å². The third-order valence-corrected chi connectivity index (χ3v) is 3.09. The predicted octanol–water partition coefficient (Wildman–Crippen LogP) is 2.10. The van der Waals surface area contributed by atoms with Gasteiger partial charge in [-0.25, -0.2) is 4.39 Å². The Bertz CT molecular complexity index is 391. The smallest absolute Gasteiger partial charge is 0.146 e. The highest BCUT2D eigenvalue weighted by Crippen LogP contribution is 2.24. The van der Waals surface area contributed by atoms with E-state index in [9.17, 15) is 4.39 Å². The van der Waals surface area contributed by atoms with Crippen LogP contribution >= 0.6 is 0 Å². The first-order valence-corrected chi connectivity index (χ1v) is 6.80. The van der Waals surface area contributed by atoms with Crippen molar-refractivity contribution >= 4 is 5.69 Å². The molecule has 1 rings (SSSR count). The standard InChI is InChI=1S/C15H26FN3/c1-12(17)11-13-7-5-8-14(16)15(13)19(4)10-6-9-18(2)3/h5,7-8,12H,6,9-11,17H2,1-4H3. The molecular formula is C15H26FN3. The Morgan fingerprint density at radius 2 is 1.89 bits per heavy atom. The number of nitrogens with two attached hydrogens (primary N) is 1. The molecule has 1 aromatic carbocycles. The lowest BCUT2D eigenvalue weighted by atomic mass is 10.0. The molecule has 0 fully saturated rings. The number of halogens is 1. The summed E-state index contributed by atoms with van der Waals surface area (Å²) in [5.74, 6) is -0.162. The molecule has 0 aliphatic rings. The quantitative estimate of drug-likeness (QED) is 0.821. The van der Waals surface area contributed by atoms with Crippen molar-refractivity contribution in [3.05, 3.63) is 29.6 Å². The number of rotatable bonds is 7. The summed E-state index contributed by atoms with van der Waals surface area (Å²) in [6.45, 7) is 3.78. The number of para-hydroxylation sites is 1. The van der Waals surface area contributed by atoms with E-state index in [2.05, 4.69) is 4.90 Å². The molecule has 19 heavy (non-hydrogen) atoms. The Morgan fingerprint density at radius 1 is 1.21 bits per heavy atom. The van der Waals surface area contributed by atoms with Crippen LogP contribution in [-0.2, 0) is 6.42 Å². The average molecular weight is 267 g/mol. The van der Waals surface area contributed by atoms with Gasteiger partial charge in [-0.2, -0.15) is 0 Å². The van der Waals surface area contributed by atoms with Crippen LogP contribution in [0.1, 0.15) is 18.9 Å². The lowest BCUT2D eigenvalue weighted by molar-refractivity contribution is 0.401. The minimum absolute atomic E-state index is 0.0377.